The van der Waals surface area contributed by atoms with E-state index in [1.54, 1.807) is 18.5 Å². The second-order valence-corrected chi connectivity index (χ2v) is 5.81. The molecule has 0 bridgehead atoms. The SMILES string of the molecule is CCOc1ncccc1-c1cc(C(=O)N2CCN(C)CC2)ccn1. The number of piperazine rings is 1. The summed E-state index contributed by atoms with van der Waals surface area (Å²) in [7, 11) is 2.07. The number of carbonyl (C=O) groups excluding carboxylic acids is 1. The van der Waals surface area contributed by atoms with Gasteiger partial charge in [-0.15, -0.1) is 0 Å². The summed E-state index contributed by atoms with van der Waals surface area (Å²) in [5.74, 6) is 0.588. The predicted molar refractivity (Wildman–Crippen MR) is 92.0 cm³/mol. The molecule has 1 saturated heterocycles. The molecule has 2 aromatic rings. The van der Waals surface area contributed by atoms with Gasteiger partial charge in [0.25, 0.3) is 5.91 Å². The zero-order chi connectivity index (χ0) is 16.9. The summed E-state index contributed by atoms with van der Waals surface area (Å²) in [4.78, 5) is 25.5. The topological polar surface area (TPSA) is 58.6 Å². The minimum absolute atomic E-state index is 0.0496. The number of amides is 1. The first kappa shape index (κ1) is 16.4. The van der Waals surface area contributed by atoms with Gasteiger partial charge < -0.3 is 14.5 Å². The fourth-order valence-electron chi connectivity index (χ4n) is 2.74. The molecule has 1 amide bonds. The fraction of sp³-hybridized carbons (Fsp3) is 0.389. The molecule has 6 nitrogen and oxygen atoms in total. The van der Waals surface area contributed by atoms with E-state index in [0.717, 1.165) is 31.7 Å². The van der Waals surface area contributed by atoms with E-state index in [0.29, 0.717) is 23.7 Å². The van der Waals surface area contributed by atoms with E-state index in [-0.39, 0.29) is 5.91 Å². The van der Waals surface area contributed by atoms with Crippen molar-refractivity contribution < 1.29 is 9.53 Å². The van der Waals surface area contributed by atoms with Crippen LogP contribution in [0.5, 0.6) is 5.88 Å². The van der Waals surface area contributed by atoms with Gasteiger partial charge in [0.1, 0.15) is 0 Å². The molecule has 1 aliphatic heterocycles. The van der Waals surface area contributed by atoms with E-state index in [4.69, 9.17) is 4.74 Å². The lowest BCUT2D eigenvalue weighted by molar-refractivity contribution is 0.0664. The largest absolute Gasteiger partial charge is 0.477 e. The van der Waals surface area contributed by atoms with Crippen LogP contribution < -0.4 is 4.74 Å². The third-order valence-electron chi connectivity index (χ3n) is 4.13. The molecular formula is C18H22N4O2. The Bertz CT molecular complexity index is 712. The van der Waals surface area contributed by atoms with Gasteiger partial charge in [-0.05, 0) is 38.2 Å². The minimum atomic E-state index is 0.0496. The molecule has 0 saturated carbocycles. The van der Waals surface area contributed by atoms with Crippen molar-refractivity contribution in [3.8, 4) is 17.1 Å². The maximum atomic E-state index is 12.7. The van der Waals surface area contributed by atoms with Crippen LogP contribution >= 0.6 is 0 Å². The Morgan fingerprint density at radius 3 is 2.71 bits per heavy atom. The van der Waals surface area contributed by atoms with Crippen LogP contribution in [0, 0.1) is 0 Å². The lowest BCUT2D eigenvalue weighted by Crippen LogP contribution is -2.47. The molecule has 1 fully saturated rings. The van der Waals surface area contributed by atoms with Crippen molar-refractivity contribution in [3.63, 3.8) is 0 Å². The fourth-order valence-corrected chi connectivity index (χ4v) is 2.74. The van der Waals surface area contributed by atoms with Crippen LogP contribution in [0.1, 0.15) is 17.3 Å². The van der Waals surface area contributed by atoms with Crippen molar-refractivity contribution >= 4 is 5.91 Å². The van der Waals surface area contributed by atoms with Crippen LogP contribution in [0.4, 0.5) is 0 Å². The quantitative estimate of drug-likeness (QED) is 0.859. The van der Waals surface area contributed by atoms with Crippen molar-refractivity contribution in [2.24, 2.45) is 0 Å². The van der Waals surface area contributed by atoms with Gasteiger partial charge in [0.15, 0.2) is 0 Å². The normalized spacial score (nSPS) is 15.3. The molecule has 0 unspecified atom stereocenters. The zero-order valence-electron chi connectivity index (χ0n) is 14.1. The molecular weight excluding hydrogens is 304 g/mol. The van der Waals surface area contributed by atoms with Gasteiger partial charge in [0.2, 0.25) is 5.88 Å². The first-order valence-corrected chi connectivity index (χ1v) is 8.21. The highest BCUT2D eigenvalue weighted by molar-refractivity contribution is 5.95. The summed E-state index contributed by atoms with van der Waals surface area (Å²) < 4.78 is 5.57. The molecule has 24 heavy (non-hydrogen) atoms. The lowest BCUT2D eigenvalue weighted by atomic mass is 10.1. The molecule has 1 aliphatic rings. The molecule has 0 aromatic carbocycles. The molecule has 2 aromatic heterocycles. The first-order valence-electron chi connectivity index (χ1n) is 8.21. The van der Waals surface area contributed by atoms with Crippen molar-refractivity contribution in [2.45, 2.75) is 6.92 Å². The average Bonchev–Trinajstić information content (AvgIpc) is 2.63. The number of hydrogen-bond donors (Lipinski definition) is 0. The van der Waals surface area contributed by atoms with E-state index >= 15 is 0 Å². The van der Waals surface area contributed by atoms with Crippen LogP contribution in [0.15, 0.2) is 36.7 Å². The standard InChI is InChI=1S/C18H22N4O2/c1-3-24-17-15(5-4-7-20-17)16-13-14(6-8-19-16)18(23)22-11-9-21(2)10-12-22/h4-8,13H,3,9-12H2,1-2H3. The van der Waals surface area contributed by atoms with Gasteiger partial charge in [-0.25, -0.2) is 4.98 Å². The maximum absolute atomic E-state index is 12.7. The van der Waals surface area contributed by atoms with Crippen molar-refractivity contribution in [1.29, 1.82) is 0 Å². The number of hydrogen-bond acceptors (Lipinski definition) is 5. The number of pyridine rings is 2. The first-order chi connectivity index (χ1) is 11.7. The van der Waals surface area contributed by atoms with Crippen LogP contribution in [0.2, 0.25) is 0 Å². The minimum Gasteiger partial charge on any atom is -0.477 e. The summed E-state index contributed by atoms with van der Waals surface area (Å²) in [6.07, 6.45) is 3.36. The van der Waals surface area contributed by atoms with Gasteiger partial charge in [-0.1, -0.05) is 0 Å². The van der Waals surface area contributed by atoms with Gasteiger partial charge in [-0.2, -0.15) is 0 Å². The summed E-state index contributed by atoms with van der Waals surface area (Å²) in [5, 5.41) is 0. The summed E-state index contributed by atoms with van der Waals surface area (Å²) >= 11 is 0. The van der Waals surface area contributed by atoms with Crippen LogP contribution in [-0.4, -0.2) is 65.5 Å². The number of ether oxygens (including phenoxy) is 1. The highest BCUT2D eigenvalue weighted by Gasteiger charge is 2.21. The Morgan fingerprint density at radius 1 is 1.17 bits per heavy atom. The van der Waals surface area contributed by atoms with Crippen molar-refractivity contribution in [2.75, 3.05) is 39.8 Å². The highest BCUT2D eigenvalue weighted by atomic mass is 16.5. The van der Waals surface area contributed by atoms with E-state index in [9.17, 15) is 4.79 Å². The molecule has 0 radical (unpaired) electrons. The third-order valence-corrected chi connectivity index (χ3v) is 4.13. The Morgan fingerprint density at radius 2 is 1.96 bits per heavy atom. The molecule has 0 N–H and O–H groups in total. The van der Waals surface area contributed by atoms with Crippen LogP contribution in [-0.2, 0) is 0 Å². The Labute approximate surface area is 142 Å². The second kappa shape index (κ2) is 7.40. The van der Waals surface area contributed by atoms with Gasteiger partial charge in [0.05, 0.1) is 17.9 Å². The molecule has 6 heteroatoms. The van der Waals surface area contributed by atoms with Gasteiger partial charge >= 0.3 is 0 Å². The molecule has 0 aliphatic carbocycles. The average molecular weight is 326 g/mol. The molecule has 0 spiro atoms. The van der Waals surface area contributed by atoms with Crippen molar-refractivity contribution in [1.82, 2.24) is 19.8 Å². The maximum Gasteiger partial charge on any atom is 0.254 e. The van der Waals surface area contributed by atoms with Crippen LogP contribution in [0.3, 0.4) is 0 Å². The van der Waals surface area contributed by atoms with Gasteiger partial charge in [-0.3, -0.25) is 9.78 Å². The predicted octanol–water partition coefficient (Wildman–Crippen LogP) is 1.93. The molecule has 3 heterocycles. The monoisotopic (exact) mass is 326 g/mol. The molecule has 126 valence electrons. The number of likely N-dealkylation sites (N-methyl/N-ethyl adjacent to an activating group) is 1. The van der Waals surface area contributed by atoms with Gasteiger partial charge in [0, 0.05) is 44.1 Å². The van der Waals surface area contributed by atoms with E-state index in [1.807, 2.05) is 30.0 Å². The second-order valence-electron chi connectivity index (χ2n) is 5.81. The highest BCUT2D eigenvalue weighted by Crippen LogP contribution is 2.26. The Balaban J connectivity index is 1.86. The summed E-state index contributed by atoms with van der Waals surface area (Å²) in [6, 6.07) is 7.33. The Kier molecular flexibility index (Phi) is 5.05. The smallest absolute Gasteiger partial charge is 0.254 e. The molecule has 3 rings (SSSR count). The van der Waals surface area contributed by atoms with E-state index < -0.39 is 0 Å². The number of aromatic nitrogens is 2. The van der Waals surface area contributed by atoms with Crippen molar-refractivity contribution in [3.05, 3.63) is 42.2 Å². The molecule has 0 atom stereocenters. The third kappa shape index (κ3) is 3.54. The zero-order valence-corrected chi connectivity index (χ0v) is 14.1. The van der Waals surface area contributed by atoms with E-state index in [1.165, 1.54) is 0 Å². The Hall–Kier alpha value is -2.47. The lowest BCUT2D eigenvalue weighted by Gasteiger charge is -2.32. The summed E-state index contributed by atoms with van der Waals surface area (Å²) in [6.45, 7) is 5.76. The number of carbonyl (C=O) groups is 1. The van der Waals surface area contributed by atoms with E-state index in [2.05, 4.69) is 21.9 Å². The number of rotatable bonds is 4. The number of nitrogens with zero attached hydrogens (tertiary/aromatic N) is 4. The van der Waals surface area contributed by atoms with Crippen LogP contribution in [0.25, 0.3) is 11.3 Å². The summed E-state index contributed by atoms with van der Waals surface area (Å²) in [5.41, 5.74) is 2.15.